The van der Waals surface area contributed by atoms with Crippen LogP contribution in [0.3, 0.4) is 0 Å². The number of ether oxygens (including phenoxy) is 1. The SMILES string of the molecule is O=[N+]([O-])c1cccc(F)c1Oc1cccc(Cl)c1[N+](=O)[O-]. The summed E-state index contributed by atoms with van der Waals surface area (Å²) in [6, 6.07) is 6.86. The van der Waals surface area contributed by atoms with Crippen LogP contribution in [0.5, 0.6) is 11.5 Å². The van der Waals surface area contributed by atoms with E-state index in [0.29, 0.717) is 0 Å². The Balaban J connectivity index is 2.56. The standard InChI is InChI=1S/C12H6ClFN2O5/c13-7-3-1-6-10(11(7)16(19)20)21-12-8(14)4-2-5-9(12)15(17)18/h1-6H. The number of nitro groups is 2. The van der Waals surface area contributed by atoms with Crippen molar-refractivity contribution < 1.29 is 19.0 Å². The molecule has 0 aliphatic carbocycles. The largest absolute Gasteiger partial charge is 0.440 e. The lowest BCUT2D eigenvalue weighted by Crippen LogP contribution is -1.99. The van der Waals surface area contributed by atoms with Crippen molar-refractivity contribution in [2.75, 3.05) is 0 Å². The van der Waals surface area contributed by atoms with Crippen LogP contribution in [-0.4, -0.2) is 9.85 Å². The topological polar surface area (TPSA) is 95.5 Å². The summed E-state index contributed by atoms with van der Waals surface area (Å²) in [5.41, 5.74) is -1.25. The maximum Gasteiger partial charge on any atom is 0.329 e. The molecule has 2 rings (SSSR count). The van der Waals surface area contributed by atoms with Gasteiger partial charge in [0, 0.05) is 6.07 Å². The van der Waals surface area contributed by atoms with E-state index in [0.717, 1.165) is 18.2 Å². The molecule has 21 heavy (non-hydrogen) atoms. The summed E-state index contributed by atoms with van der Waals surface area (Å²) < 4.78 is 18.7. The van der Waals surface area contributed by atoms with Crippen molar-refractivity contribution in [1.82, 2.24) is 0 Å². The normalized spacial score (nSPS) is 10.2. The molecule has 0 atom stereocenters. The maximum atomic E-state index is 13.7. The minimum absolute atomic E-state index is 0.225. The summed E-state index contributed by atoms with van der Waals surface area (Å²) in [4.78, 5) is 20.1. The second-order valence-corrected chi connectivity index (χ2v) is 4.20. The Labute approximate surface area is 121 Å². The van der Waals surface area contributed by atoms with E-state index < -0.39 is 32.8 Å². The second kappa shape index (κ2) is 5.71. The maximum absolute atomic E-state index is 13.7. The van der Waals surface area contributed by atoms with Crippen molar-refractivity contribution in [3.8, 4) is 11.5 Å². The lowest BCUT2D eigenvalue weighted by molar-refractivity contribution is -0.387. The average Bonchev–Trinajstić information content (AvgIpc) is 2.40. The fourth-order valence-electron chi connectivity index (χ4n) is 1.61. The molecule has 0 radical (unpaired) electrons. The van der Waals surface area contributed by atoms with Gasteiger partial charge in [-0.25, -0.2) is 4.39 Å². The molecule has 9 heteroatoms. The van der Waals surface area contributed by atoms with Gasteiger partial charge in [-0.2, -0.15) is 0 Å². The number of hydrogen-bond donors (Lipinski definition) is 0. The predicted molar refractivity (Wildman–Crippen MR) is 71.2 cm³/mol. The minimum Gasteiger partial charge on any atom is -0.440 e. The van der Waals surface area contributed by atoms with E-state index >= 15 is 0 Å². The summed E-state index contributed by atoms with van der Waals surface area (Å²) in [7, 11) is 0. The molecular weight excluding hydrogens is 307 g/mol. The number of halogens is 2. The Morgan fingerprint density at radius 2 is 1.71 bits per heavy atom. The summed E-state index contributed by atoms with van der Waals surface area (Å²) in [6.45, 7) is 0. The third kappa shape index (κ3) is 2.90. The van der Waals surface area contributed by atoms with Crippen molar-refractivity contribution >= 4 is 23.0 Å². The zero-order chi connectivity index (χ0) is 15.6. The van der Waals surface area contributed by atoms with E-state index in [1.54, 1.807) is 0 Å². The molecule has 0 N–H and O–H groups in total. The van der Waals surface area contributed by atoms with Crippen molar-refractivity contribution in [1.29, 1.82) is 0 Å². The van der Waals surface area contributed by atoms with E-state index in [9.17, 15) is 24.6 Å². The van der Waals surface area contributed by atoms with Crippen LogP contribution >= 0.6 is 11.6 Å². The number of hydrogen-bond acceptors (Lipinski definition) is 5. The smallest absolute Gasteiger partial charge is 0.329 e. The second-order valence-electron chi connectivity index (χ2n) is 3.79. The molecule has 0 unspecified atom stereocenters. The molecule has 2 aromatic carbocycles. The van der Waals surface area contributed by atoms with Gasteiger partial charge in [0.2, 0.25) is 11.5 Å². The summed E-state index contributed by atoms with van der Waals surface area (Å²) in [6.07, 6.45) is 0. The summed E-state index contributed by atoms with van der Waals surface area (Å²) in [5, 5.41) is 21.6. The van der Waals surface area contributed by atoms with E-state index in [1.807, 2.05) is 0 Å². The minimum atomic E-state index is -1.02. The molecule has 0 bridgehead atoms. The number of nitrogens with zero attached hydrogens (tertiary/aromatic N) is 2. The van der Waals surface area contributed by atoms with Gasteiger partial charge >= 0.3 is 11.4 Å². The van der Waals surface area contributed by atoms with Gasteiger partial charge < -0.3 is 4.74 Å². The van der Waals surface area contributed by atoms with Gasteiger partial charge in [0.1, 0.15) is 5.02 Å². The van der Waals surface area contributed by atoms with Crippen LogP contribution in [0.2, 0.25) is 5.02 Å². The lowest BCUT2D eigenvalue weighted by atomic mass is 10.2. The molecule has 0 aliphatic rings. The first-order chi connectivity index (χ1) is 9.91. The number of benzene rings is 2. The number of nitro benzene ring substituents is 2. The lowest BCUT2D eigenvalue weighted by Gasteiger charge is -2.08. The van der Waals surface area contributed by atoms with Crippen LogP contribution in [0.1, 0.15) is 0 Å². The highest BCUT2D eigenvalue weighted by molar-refractivity contribution is 6.32. The molecule has 108 valence electrons. The Morgan fingerprint density at radius 1 is 1.05 bits per heavy atom. The molecule has 7 nitrogen and oxygen atoms in total. The molecule has 0 heterocycles. The molecule has 0 aromatic heterocycles. The van der Waals surface area contributed by atoms with Crippen LogP contribution < -0.4 is 4.74 Å². The van der Waals surface area contributed by atoms with Crippen molar-refractivity contribution in [2.24, 2.45) is 0 Å². The first-order valence-corrected chi connectivity index (χ1v) is 5.83. The third-order valence-corrected chi connectivity index (χ3v) is 2.79. The zero-order valence-corrected chi connectivity index (χ0v) is 10.9. The average molecular weight is 313 g/mol. The molecule has 0 aliphatic heterocycles. The van der Waals surface area contributed by atoms with Crippen molar-refractivity contribution in [3.05, 3.63) is 67.5 Å². The molecule has 0 amide bonds. The Bertz CT molecular complexity index is 738. The first-order valence-electron chi connectivity index (χ1n) is 5.45. The van der Waals surface area contributed by atoms with Gasteiger partial charge in [0.05, 0.1) is 9.85 Å². The number of rotatable bonds is 4. The molecule has 0 saturated carbocycles. The van der Waals surface area contributed by atoms with Gasteiger partial charge in [0.25, 0.3) is 0 Å². The number of para-hydroxylation sites is 2. The monoisotopic (exact) mass is 312 g/mol. The Morgan fingerprint density at radius 3 is 2.33 bits per heavy atom. The highest BCUT2D eigenvalue weighted by Crippen LogP contribution is 2.40. The van der Waals surface area contributed by atoms with Crippen molar-refractivity contribution in [2.45, 2.75) is 0 Å². The molecule has 0 spiro atoms. The molecule has 0 saturated heterocycles. The molecule has 2 aromatic rings. The fraction of sp³-hybridized carbons (Fsp3) is 0. The predicted octanol–water partition coefficient (Wildman–Crippen LogP) is 4.09. The Kier molecular flexibility index (Phi) is 3.99. The van der Waals surface area contributed by atoms with E-state index in [-0.39, 0.29) is 10.8 Å². The van der Waals surface area contributed by atoms with Gasteiger partial charge in [-0.05, 0) is 18.2 Å². The molecular formula is C12H6ClFN2O5. The van der Waals surface area contributed by atoms with Gasteiger partial charge in [-0.3, -0.25) is 20.2 Å². The van der Waals surface area contributed by atoms with Crippen LogP contribution in [0.15, 0.2) is 36.4 Å². The fourth-order valence-corrected chi connectivity index (χ4v) is 1.84. The van der Waals surface area contributed by atoms with E-state index in [1.165, 1.54) is 18.2 Å². The first kappa shape index (κ1) is 14.7. The zero-order valence-electron chi connectivity index (χ0n) is 10.2. The van der Waals surface area contributed by atoms with E-state index in [2.05, 4.69) is 0 Å². The van der Waals surface area contributed by atoms with Crippen LogP contribution in [0, 0.1) is 26.0 Å². The van der Waals surface area contributed by atoms with Crippen molar-refractivity contribution in [3.63, 3.8) is 0 Å². The van der Waals surface area contributed by atoms with Crippen LogP contribution in [0.4, 0.5) is 15.8 Å². The van der Waals surface area contributed by atoms with Gasteiger partial charge in [-0.1, -0.05) is 23.7 Å². The highest BCUT2D eigenvalue weighted by Gasteiger charge is 2.25. The molecule has 0 fully saturated rings. The Hall–Kier alpha value is -2.74. The summed E-state index contributed by atoms with van der Waals surface area (Å²) in [5.74, 6) is -2.12. The third-order valence-electron chi connectivity index (χ3n) is 2.49. The van der Waals surface area contributed by atoms with Crippen LogP contribution in [-0.2, 0) is 0 Å². The quantitative estimate of drug-likeness (QED) is 0.626. The van der Waals surface area contributed by atoms with Gasteiger partial charge in [0.15, 0.2) is 5.82 Å². The van der Waals surface area contributed by atoms with E-state index in [4.69, 9.17) is 16.3 Å². The van der Waals surface area contributed by atoms with Gasteiger partial charge in [-0.15, -0.1) is 0 Å². The highest BCUT2D eigenvalue weighted by atomic mass is 35.5. The summed E-state index contributed by atoms with van der Waals surface area (Å²) >= 11 is 5.68. The van der Waals surface area contributed by atoms with Crippen LogP contribution in [0.25, 0.3) is 0 Å².